The summed E-state index contributed by atoms with van der Waals surface area (Å²) < 4.78 is 5.45. The number of amides is 1. The monoisotopic (exact) mass is 273 g/mol. The van der Waals surface area contributed by atoms with Crippen molar-refractivity contribution in [2.24, 2.45) is 5.92 Å². The van der Waals surface area contributed by atoms with Crippen LogP contribution in [0.25, 0.3) is 0 Å². The van der Waals surface area contributed by atoms with Crippen LogP contribution in [0, 0.1) is 19.8 Å². The van der Waals surface area contributed by atoms with Gasteiger partial charge in [0.05, 0.1) is 6.61 Å². The highest BCUT2D eigenvalue weighted by molar-refractivity contribution is 5.96. The second kappa shape index (κ2) is 5.57. The highest BCUT2D eigenvalue weighted by Gasteiger charge is 2.35. The third kappa shape index (κ3) is 2.73. The van der Waals surface area contributed by atoms with Crippen LogP contribution in [0.5, 0.6) is 0 Å². The number of hydrogen-bond donors (Lipinski definition) is 0. The normalized spacial score (nSPS) is 22.0. The van der Waals surface area contributed by atoms with Crippen molar-refractivity contribution in [3.63, 3.8) is 0 Å². The molecule has 20 heavy (non-hydrogen) atoms. The average Bonchev–Trinajstić information content (AvgIpc) is 3.15. The van der Waals surface area contributed by atoms with Crippen LogP contribution in [0.1, 0.15) is 40.7 Å². The first-order valence-electron chi connectivity index (χ1n) is 7.61. The second-order valence-corrected chi connectivity index (χ2v) is 6.17. The van der Waals surface area contributed by atoms with E-state index in [9.17, 15) is 4.79 Å². The molecule has 3 heteroatoms. The zero-order chi connectivity index (χ0) is 14.1. The van der Waals surface area contributed by atoms with Crippen LogP contribution in [0.2, 0.25) is 0 Å². The van der Waals surface area contributed by atoms with E-state index >= 15 is 0 Å². The molecule has 1 aromatic rings. The van der Waals surface area contributed by atoms with E-state index in [1.54, 1.807) is 0 Å². The largest absolute Gasteiger partial charge is 0.381 e. The van der Waals surface area contributed by atoms with E-state index in [2.05, 4.69) is 17.9 Å². The van der Waals surface area contributed by atoms with Gasteiger partial charge in [-0.3, -0.25) is 4.79 Å². The molecule has 1 atom stereocenters. The Morgan fingerprint density at radius 1 is 1.30 bits per heavy atom. The molecule has 0 aromatic heterocycles. The molecule has 0 N–H and O–H groups in total. The fourth-order valence-corrected chi connectivity index (χ4v) is 2.93. The summed E-state index contributed by atoms with van der Waals surface area (Å²) in [6.07, 6.45) is 3.40. The van der Waals surface area contributed by atoms with Crippen LogP contribution in [-0.4, -0.2) is 36.6 Å². The van der Waals surface area contributed by atoms with Crippen LogP contribution in [-0.2, 0) is 4.74 Å². The Labute approximate surface area is 120 Å². The van der Waals surface area contributed by atoms with Gasteiger partial charge in [0, 0.05) is 30.7 Å². The first-order chi connectivity index (χ1) is 9.66. The Hall–Kier alpha value is -1.35. The number of carbonyl (C=O) groups is 1. The Balaban J connectivity index is 1.79. The molecule has 2 fully saturated rings. The smallest absolute Gasteiger partial charge is 0.254 e. The van der Waals surface area contributed by atoms with E-state index in [0.29, 0.717) is 12.0 Å². The van der Waals surface area contributed by atoms with Gasteiger partial charge in [-0.2, -0.15) is 0 Å². The number of rotatable bonds is 4. The maximum atomic E-state index is 12.9. The summed E-state index contributed by atoms with van der Waals surface area (Å²) in [4.78, 5) is 15.0. The molecule has 1 aliphatic heterocycles. The summed E-state index contributed by atoms with van der Waals surface area (Å²) >= 11 is 0. The molecule has 1 amide bonds. The summed E-state index contributed by atoms with van der Waals surface area (Å²) in [6, 6.07) is 6.48. The van der Waals surface area contributed by atoms with E-state index in [0.717, 1.165) is 50.1 Å². The molecular weight excluding hydrogens is 250 g/mol. The quantitative estimate of drug-likeness (QED) is 0.844. The lowest BCUT2D eigenvalue weighted by Crippen LogP contribution is -2.37. The molecular formula is C17H23NO2. The third-order valence-corrected chi connectivity index (χ3v) is 4.56. The number of aryl methyl sites for hydroxylation is 1. The average molecular weight is 273 g/mol. The zero-order valence-electron chi connectivity index (χ0n) is 12.4. The molecule has 0 unspecified atom stereocenters. The molecule has 0 bridgehead atoms. The van der Waals surface area contributed by atoms with Crippen molar-refractivity contribution in [2.45, 2.75) is 39.2 Å². The fraction of sp³-hybridized carbons (Fsp3) is 0.588. The maximum absolute atomic E-state index is 12.9. The van der Waals surface area contributed by atoms with Gasteiger partial charge in [0.2, 0.25) is 0 Å². The molecule has 1 aliphatic carbocycles. The predicted molar refractivity (Wildman–Crippen MR) is 78.9 cm³/mol. The molecule has 108 valence electrons. The van der Waals surface area contributed by atoms with Gasteiger partial charge >= 0.3 is 0 Å². The van der Waals surface area contributed by atoms with E-state index in [-0.39, 0.29) is 5.91 Å². The predicted octanol–water partition coefficient (Wildman–Crippen LogP) is 2.94. The Bertz CT molecular complexity index is 502. The lowest BCUT2D eigenvalue weighted by Gasteiger charge is -2.26. The minimum absolute atomic E-state index is 0.209. The summed E-state index contributed by atoms with van der Waals surface area (Å²) in [5.41, 5.74) is 3.18. The van der Waals surface area contributed by atoms with Gasteiger partial charge in [0.25, 0.3) is 5.91 Å². The number of nitrogens with zero attached hydrogens (tertiary/aromatic N) is 1. The standard InChI is InChI=1S/C17H23NO2/c1-12-4-3-5-16(13(12)2)17(19)18(15-6-7-15)10-14-8-9-20-11-14/h3-5,14-15H,6-11H2,1-2H3/t14-/m1/s1. The third-order valence-electron chi connectivity index (χ3n) is 4.56. The molecule has 2 aliphatic rings. The van der Waals surface area contributed by atoms with E-state index < -0.39 is 0 Å². The molecule has 3 nitrogen and oxygen atoms in total. The number of carbonyl (C=O) groups excluding carboxylic acids is 1. The van der Waals surface area contributed by atoms with Crippen LogP contribution >= 0.6 is 0 Å². The molecule has 3 rings (SSSR count). The Morgan fingerprint density at radius 3 is 2.75 bits per heavy atom. The van der Waals surface area contributed by atoms with E-state index in [1.807, 2.05) is 19.1 Å². The van der Waals surface area contributed by atoms with E-state index in [1.165, 1.54) is 5.56 Å². The SMILES string of the molecule is Cc1cccc(C(=O)N(C[C@H]2CCOC2)C2CC2)c1C. The summed E-state index contributed by atoms with van der Waals surface area (Å²) in [6.45, 7) is 6.63. The van der Waals surface area contributed by atoms with Gasteiger partial charge in [0.15, 0.2) is 0 Å². The second-order valence-electron chi connectivity index (χ2n) is 6.17. The molecule has 0 radical (unpaired) electrons. The van der Waals surface area contributed by atoms with Crippen molar-refractivity contribution in [1.82, 2.24) is 4.90 Å². The van der Waals surface area contributed by atoms with Crippen molar-refractivity contribution in [3.05, 3.63) is 34.9 Å². The van der Waals surface area contributed by atoms with Crippen LogP contribution in [0.3, 0.4) is 0 Å². The molecule has 1 saturated heterocycles. The number of benzene rings is 1. The minimum atomic E-state index is 0.209. The molecule has 1 aromatic carbocycles. The maximum Gasteiger partial charge on any atom is 0.254 e. The van der Waals surface area contributed by atoms with E-state index in [4.69, 9.17) is 4.74 Å². The van der Waals surface area contributed by atoms with Crippen molar-refractivity contribution >= 4 is 5.91 Å². The minimum Gasteiger partial charge on any atom is -0.381 e. The van der Waals surface area contributed by atoms with Crippen molar-refractivity contribution < 1.29 is 9.53 Å². The van der Waals surface area contributed by atoms with Crippen molar-refractivity contribution in [3.8, 4) is 0 Å². The van der Waals surface area contributed by atoms with Crippen LogP contribution in [0.4, 0.5) is 0 Å². The summed E-state index contributed by atoms with van der Waals surface area (Å²) in [5.74, 6) is 0.727. The van der Waals surface area contributed by atoms with Gasteiger partial charge < -0.3 is 9.64 Å². The lowest BCUT2D eigenvalue weighted by molar-refractivity contribution is 0.0705. The Kier molecular flexibility index (Phi) is 3.79. The number of ether oxygens (including phenoxy) is 1. The van der Waals surface area contributed by atoms with Gasteiger partial charge in [-0.15, -0.1) is 0 Å². The van der Waals surface area contributed by atoms with Crippen molar-refractivity contribution in [2.75, 3.05) is 19.8 Å². The van der Waals surface area contributed by atoms with Crippen LogP contribution < -0.4 is 0 Å². The highest BCUT2D eigenvalue weighted by Crippen LogP contribution is 2.31. The molecule has 0 spiro atoms. The Morgan fingerprint density at radius 2 is 2.10 bits per heavy atom. The van der Waals surface area contributed by atoms with Gasteiger partial charge in [0.1, 0.15) is 0 Å². The van der Waals surface area contributed by atoms with Gasteiger partial charge in [-0.1, -0.05) is 12.1 Å². The molecule has 1 heterocycles. The van der Waals surface area contributed by atoms with Crippen LogP contribution in [0.15, 0.2) is 18.2 Å². The first-order valence-corrected chi connectivity index (χ1v) is 7.61. The van der Waals surface area contributed by atoms with Gasteiger partial charge in [-0.25, -0.2) is 0 Å². The topological polar surface area (TPSA) is 29.5 Å². The number of hydrogen-bond acceptors (Lipinski definition) is 2. The van der Waals surface area contributed by atoms with Gasteiger partial charge in [-0.05, 0) is 50.3 Å². The fourth-order valence-electron chi connectivity index (χ4n) is 2.93. The lowest BCUT2D eigenvalue weighted by atomic mass is 10.0. The first kappa shape index (κ1) is 13.6. The zero-order valence-corrected chi connectivity index (χ0v) is 12.4. The highest BCUT2D eigenvalue weighted by atomic mass is 16.5. The summed E-state index contributed by atoms with van der Waals surface area (Å²) in [7, 11) is 0. The summed E-state index contributed by atoms with van der Waals surface area (Å²) in [5, 5.41) is 0. The molecule has 1 saturated carbocycles. The van der Waals surface area contributed by atoms with Crippen molar-refractivity contribution in [1.29, 1.82) is 0 Å².